The number of hydrogen-bond donors (Lipinski definition) is 2. The molecule has 1 heterocycles. The van der Waals surface area contributed by atoms with Crippen LogP contribution in [0.4, 0.5) is 0 Å². The number of benzene rings is 1. The highest BCUT2D eigenvalue weighted by atomic mass is 32.2. The normalized spacial score (nSPS) is 13.6. The van der Waals surface area contributed by atoms with Gasteiger partial charge < -0.3 is 9.52 Å². The number of hydrogen-bond acceptors (Lipinski definition) is 5. The minimum absolute atomic E-state index is 0.0505. The van der Waals surface area contributed by atoms with Crippen molar-refractivity contribution in [1.29, 1.82) is 0 Å². The summed E-state index contributed by atoms with van der Waals surface area (Å²) in [7, 11) is -3.69. The van der Waals surface area contributed by atoms with Gasteiger partial charge in [0.2, 0.25) is 10.0 Å². The molecule has 0 radical (unpaired) electrons. The second-order valence-corrected chi connectivity index (χ2v) is 5.92. The summed E-state index contributed by atoms with van der Waals surface area (Å²) >= 11 is 0. The number of aliphatic hydroxyl groups is 1. The molecule has 0 saturated carbocycles. The Morgan fingerprint density at radius 3 is 2.74 bits per heavy atom. The van der Waals surface area contributed by atoms with E-state index in [2.05, 4.69) is 4.72 Å². The van der Waals surface area contributed by atoms with Gasteiger partial charge in [-0.25, -0.2) is 17.9 Å². The van der Waals surface area contributed by atoms with Gasteiger partial charge in [0.05, 0.1) is 11.0 Å². The Morgan fingerprint density at radius 2 is 2.05 bits per heavy atom. The van der Waals surface area contributed by atoms with Gasteiger partial charge in [0.25, 0.3) is 0 Å². The Labute approximate surface area is 109 Å². The van der Waals surface area contributed by atoms with Gasteiger partial charge in [-0.15, -0.1) is 0 Å². The van der Waals surface area contributed by atoms with Crippen LogP contribution in [-0.4, -0.2) is 26.2 Å². The fourth-order valence-corrected chi connectivity index (χ4v) is 2.69. The Kier molecular flexibility index (Phi) is 3.70. The van der Waals surface area contributed by atoms with E-state index in [0.717, 1.165) is 0 Å². The van der Waals surface area contributed by atoms with Crippen LogP contribution in [0.25, 0.3) is 11.0 Å². The quantitative estimate of drug-likeness (QED) is 0.794. The number of aliphatic hydroxyl groups excluding tert-OH is 1. The monoisotopic (exact) mass is 283 g/mol. The zero-order chi connectivity index (χ0) is 14.0. The lowest BCUT2D eigenvalue weighted by Gasteiger charge is -2.08. The first-order valence-corrected chi connectivity index (χ1v) is 7.08. The van der Waals surface area contributed by atoms with Gasteiger partial charge in [0.1, 0.15) is 5.58 Å². The SMILES string of the molecule is C[C@H](O)CNS(=O)(=O)c1ccc2oc(=O)ccc2c1. The van der Waals surface area contributed by atoms with E-state index in [1.54, 1.807) is 0 Å². The molecule has 0 aliphatic carbocycles. The number of nitrogens with one attached hydrogen (secondary N) is 1. The summed E-state index contributed by atoms with van der Waals surface area (Å²) in [5, 5.41) is 9.60. The van der Waals surface area contributed by atoms with Crippen LogP contribution < -0.4 is 10.3 Å². The lowest BCUT2D eigenvalue weighted by Crippen LogP contribution is -2.30. The maximum absolute atomic E-state index is 11.9. The van der Waals surface area contributed by atoms with Crippen LogP contribution in [-0.2, 0) is 10.0 Å². The Balaban J connectivity index is 2.40. The number of rotatable bonds is 4. The van der Waals surface area contributed by atoms with E-state index in [-0.39, 0.29) is 11.4 Å². The molecule has 2 N–H and O–H groups in total. The fourth-order valence-electron chi connectivity index (χ4n) is 1.53. The first-order chi connectivity index (χ1) is 8.88. The number of sulfonamides is 1. The molecular formula is C12H13NO5S. The van der Waals surface area contributed by atoms with Crippen LogP contribution in [0.1, 0.15) is 6.92 Å². The lowest BCUT2D eigenvalue weighted by molar-refractivity contribution is 0.198. The van der Waals surface area contributed by atoms with E-state index in [4.69, 9.17) is 9.52 Å². The van der Waals surface area contributed by atoms with Crippen molar-refractivity contribution in [3.05, 3.63) is 40.8 Å². The molecule has 1 atom stereocenters. The van der Waals surface area contributed by atoms with Crippen LogP contribution in [0, 0.1) is 0 Å². The molecule has 6 nitrogen and oxygen atoms in total. The molecule has 1 aromatic heterocycles. The zero-order valence-electron chi connectivity index (χ0n) is 10.2. The van der Waals surface area contributed by atoms with Gasteiger partial charge in [-0.2, -0.15) is 0 Å². The standard InChI is InChI=1S/C12H13NO5S/c1-8(14)7-13-19(16,17)10-3-4-11-9(6-10)2-5-12(15)18-11/h2-6,8,13-14H,7H2,1H3/t8-/m0/s1. The molecule has 2 aromatic rings. The van der Waals surface area contributed by atoms with Crippen LogP contribution in [0.5, 0.6) is 0 Å². The molecule has 1 aromatic carbocycles. The second kappa shape index (κ2) is 5.12. The van der Waals surface area contributed by atoms with E-state index in [0.29, 0.717) is 11.0 Å². The Bertz CT molecular complexity index is 748. The van der Waals surface area contributed by atoms with E-state index < -0.39 is 21.8 Å². The van der Waals surface area contributed by atoms with Crippen molar-refractivity contribution in [2.45, 2.75) is 17.9 Å². The molecule has 0 unspecified atom stereocenters. The molecule has 0 spiro atoms. The van der Waals surface area contributed by atoms with Gasteiger partial charge in [-0.3, -0.25) is 0 Å². The maximum atomic E-state index is 11.9. The molecule has 0 amide bonds. The summed E-state index contributed by atoms with van der Waals surface area (Å²) < 4.78 is 31.1. The largest absolute Gasteiger partial charge is 0.423 e. The van der Waals surface area contributed by atoms with Crippen LogP contribution in [0.3, 0.4) is 0 Å². The molecule has 0 aliphatic rings. The minimum atomic E-state index is -3.69. The second-order valence-electron chi connectivity index (χ2n) is 4.15. The lowest BCUT2D eigenvalue weighted by atomic mass is 10.2. The van der Waals surface area contributed by atoms with Crippen molar-refractivity contribution in [3.63, 3.8) is 0 Å². The zero-order valence-corrected chi connectivity index (χ0v) is 11.0. The van der Waals surface area contributed by atoms with Crippen molar-refractivity contribution >= 4 is 21.0 Å². The predicted molar refractivity (Wildman–Crippen MR) is 69.4 cm³/mol. The van der Waals surface area contributed by atoms with E-state index >= 15 is 0 Å². The van der Waals surface area contributed by atoms with E-state index in [1.165, 1.54) is 37.3 Å². The third kappa shape index (κ3) is 3.19. The van der Waals surface area contributed by atoms with Crippen LogP contribution in [0.15, 0.2) is 44.4 Å². The van der Waals surface area contributed by atoms with Crippen molar-refractivity contribution in [3.8, 4) is 0 Å². The minimum Gasteiger partial charge on any atom is -0.423 e. The summed E-state index contributed by atoms with van der Waals surface area (Å²) in [6.07, 6.45) is -0.770. The van der Waals surface area contributed by atoms with Gasteiger partial charge >= 0.3 is 5.63 Å². The molecule has 19 heavy (non-hydrogen) atoms. The van der Waals surface area contributed by atoms with Crippen LogP contribution in [0.2, 0.25) is 0 Å². The van der Waals surface area contributed by atoms with Crippen molar-refractivity contribution in [1.82, 2.24) is 4.72 Å². The molecular weight excluding hydrogens is 270 g/mol. The summed E-state index contributed by atoms with van der Waals surface area (Å²) in [6.45, 7) is 1.42. The third-order valence-corrected chi connectivity index (χ3v) is 3.89. The first kappa shape index (κ1) is 13.7. The highest BCUT2D eigenvalue weighted by Gasteiger charge is 2.15. The van der Waals surface area contributed by atoms with Gasteiger partial charge in [-0.05, 0) is 31.2 Å². The third-order valence-electron chi connectivity index (χ3n) is 2.47. The Hall–Kier alpha value is -1.70. The summed E-state index contributed by atoms with van der Waals surface area (Å²) in [5.41, 5.74) is -0.169. The van der Waals surface area contributed by atoms with Crippen LogP contribution >= 0.6 is 0 Å². The molecule has 0 saturated heterocycles. The average Bonchev–Trinajstić information content (AvgIpc) is 2.36. The highest BCUT2D eigenvalue weighted by molar-refractivity contribution is 7.89. The fraction of sp³-hybridized carbons (Fsp3) is 0.250. The van der Waals surface area contributed by atoms with Crippen molar-refractivity contribution in [2.24, 2.45) is 0 Å². The summed E-state index contributed by atoms with van der Waals surface area (Å²) in [4.78, 5) is 11.1. The smallest absolute Gasteiger partial charge is 0.336 e. The topological polar surface area (TPSA) is 96.6 Å². The summed E-state index contributed by atoms with van der Waals surface area (Å²) in [5.74, 6) is 0. The predicted octanol–water partition coefficient (Wildman–Crippen LogP) is 0.452. The molecule has 0 aliphatic heterocycles. The van der Waals surface area contributed by atoms with Gasteiger partial charge in [-0.1, -0.05) is 0 Å². The molecule has 2 rings (SSSR count). The Morgan fingerprint density at radius 1 is 1.32 bits per heavy atom. The van der Waals surface area contributed by atoms with Crippen molar-refractivity contribution in [2.75, 3.05) is 6.54 Å². The molecule has 0 bridgehead atoms. The molecule has 0 fully saturated rings. The van der Waals surface area contributed by atoms with Gasteiger partial charge in [0.15, 0.2) is 0 Å². The maximum Gasteiger partial charge on any atom is 0.336 e. The van der Waals surface area contributed by atoms with Crippen molar-refractivity contribution < 1.29 is 17.9 Å². The summed E-state index contributed by atoms with van der Waals surface area (Å²) in [6, 6.07) is 6.89. The highest BCUT2D eigenvalue weighted by Crippen LogP contribution is 2.17. The average molecular weight is 283 g/mol. The molecule has 7 heteroatoms. The molecule has 102 valence electrons. The first-order valence-electron chi connectivity index (χ1n) is 5.60. The van der Waals surface area contributed by atoms with Gasteiger partial charge in [0, 0.05) is 18.0 Å². The van der Waals surface area contributed by atoms with E-state index in [1.807, 2.05) is 0 Å². The number of fused-ring (bicyclic) bond motifs is 1. The van der Waals surface area contributed by atoms with E-state index in [9.17, 15) is 13.2 Å².